The van der Waals surface area contributed by atoms with Gasteiger partial charge in [0.1, 0.15) is 0 Å². The number of carbonyl (C=O) groups excluding carboxylic acids is 2. The van der Waals surface area contributed by atoms with Gasteiger partial charge in [0.2, 0.25) is 0 Å². The minimum absolute atomic E-state index is 0.0735. The highest BCUT2D eigenvalue weighted by Crippen LogP contribution is 2.19. The molecular formula is C24H34N2O2+2. The predicted molar refractivity (Wildman–Crippen MR) is 113 cm³/mol. The molecular weight excluding hydrogens is 348 g/mol. The molecule has 2 N–H and O–H groups in total. The summed E-state index contributed by atoms with van der Waals surface area (Å²) in [4.78, 5) is 28.6. The number of hydrogen-bond donors (Lipinski definition) is 2. The number of quaternary nitrogens is 2. The van der Waals surface area contributed by atoms with Gasteiger partial charge in [0.25, 0.3) is 0 Å². The highest BCUT2D eigenvalue weighted by Gasteiger charge is 2.28. The molecule has 2 rings (SSSR count). The van der Waals surface area contributed by atoms with Gasteiger partial charge in [0, 0.05) is 11.1 Å². The zero-order valence-electron chi connectivity index (χ0n) is 17.6. The Labute approximate surface area is 169 Å². The van der Waals surface area contributed by atoms with E-state index in [2.05, 4.69) is 28.2 Å². The molecule has 2 unspecified atom stereocenters. The molecule has 0 aliphatic rings. The quantitative estimate of drug-likeness (QED) is 0.571. The Bertz CT molecular complexity index is 676. The number of ketones is 2. The number of carbonyl (C=O) groups is 2. The lowest BCUT2D eigenvalue weighted by atomic mass is 9.86. The molecule has 0 heterocycles. The molecule has 0 saturated carbocycles. The molecule has 4 heteroatoms. The first-order valence-corrected chi connectivity index (χ1v) is 10.1. The van der Waals surface area contributed by atoms with E-state index in [1.807, 2.05) is 60.7 Å². The highest BCUT2D eigenvalue weighted by atomic mass is 16.1. The normalized spacial score (nSPS) is 13.5. The maximum atomic E-state index is 13.1. The van der Waals surface area contributed by atoms with E-state index in [9.17, 15) is 9.59 Å². The topological polar surface area (TPSA) is 43.0 Å². The van der Waals surface area contributed by atoms with Gasteiger partial charge >= 0.3 is 0 Å². The van der Waals surface area contributed by atoms with E-state index in [4.69, 9.17) is 0 Å². The first kappa shape index (κ1) is 22.0. The van der Waals surface area contributed by atoms with Gasteiger partial charge in [-0.05, 0) is 12.8 Å². The van der Waals surface area contributed by atoms with Crippen LogP contribution in [0.1, 0.15) is 33.6 Å². The summed E-state index contributed by atoms with van der Waals surface area (Å²) in [6.45, 7) is 1.55. The third-order valence-corrected chi connectivity index (χ3v) is 5.03. The Kier molecular flexibility index (Phi) is 8.55. The summed E-state index contributed by atoms with van der Waals surface area (Å²) in [6, 6.07) is 19.0. The van der Waals surface area contributed by atoms with E-state index in [1.165, 1.54) is 9.80 Å². The van der Waals surface area contributed by atoms with Crippen molar-refractivity contribution in [2.75, 3.05) is 41.3 Å². The van der Waals surface area contributed by atoms with Crippen molar-refractivity contribution in [1.82, 2.24) is 0 Å². The molecule has 0 saturated heterocycles. The van der Waals surface area contributed by atoms with Gasteiger partial charge in [0.15, 0.2) is 11.6 Å². The molecule has 2 atom stereocenters. The van der Waals surface area contributed by atoms with Crippen LogP contribution in [0.5, 0.6) is 0 Å². The van der Waals surface area contributed by atoms with E-state index < -0.39 is 0 Å². The lowest BCUT2D eigenvalue weighted by Crippen LogP contribution is -3.06. The van der Waals surface area contributed by atoms with Crippen molar-refractivity contribution in [2.24, 2.45) is 11.8 Å². The van der Waals surface area contributed by atoms with Gasteiger partial charge in [-0.1, -0.05) is 60.7 Å². The SMILES string of the molecule is C[NH+](C)CC(CCC(C[NH+](C)C)C(=O)c1ccccc1)C(=O)c1ccccc1. The summed E-state index contributed by atoms with van der Waals surface area (Å²) < 4.78 is 0. The predicted octanol–water partition coefficient (Wildman–Crippen LogP) is 1.05. The number of rotatable bonds is 11. The molecule has 0 fully saturated rings. The molecule has 0 aliphatic carbocycles. The van der Waals surface area contributed by atoms with Crippen molar-refractivity contribution in [3.8, 4) is 0 Å². The number of nitrogens with one attached hydrogen (secondary N) is 2. The monoisotopic (exact) mass is 382 g/mol. The summed E-state index contributed by atoms with van der Waals surface area (Å²) in [5, 5.41) is 0. The second kappa shape index (κ2) is 10.9. The summed E-state index contributed by atoms with van der Waals surface area (Å²) in [5.74, 6) is 0.223. The van der Waals surface area contributed by atoms with Crippen molar-refractivity contribution in [3.05, 3.63) is 71.8 Å². The van der Waals surface area contributed by atoms with Gasteiger partial charge < -0.3 is 9.80 Å². The van der Waals surface area contributed by atoms with Gasteiger partial charge in [-0.2, -0.15) is 0 Å². The molecule has 0 bridgehead atoms. The standard InChI is InChI=1S/C24H32N2O2/c1-25(2)17-21(23(27)19-11-7-5-8-12-19)15-16-22(18-26(3)4)24(28)20-13-9-6-10-14-20/h5-14,21-22H,15-18H2,1-4H3/p+2. The molecule has 0 amide bonds. The first-order valence-electron chi connectivity index (χ1n) is 10.1. The minimum Gasteiger partial charge on any atom is -0.339 e. The van der Waals surface area contributed by atoms with E-state index in [-0.39, 0.29) is 23.4 Å². The number of benzene rings is 2. The van der Waals surface area contributed by atoms with Gasteiger partial charge in [0.05, 0.1) is 53.1 Å². The summed E-state index contributed by atoms with van der Waals surface area (Å²) >= 11 is 0. The Morgan fingerprint density at radius 1 is 0.643 bits per heavy atom. The first-order chi connectivity index (χ1) is 13.4. The van der Waals surface area contributed by atoms with Gasteiger partial charge in [-0.15, -0.1) is 0 Å². The van der Waals surface area contributed by atoms with Crippen molar-refractivity contribution >= 4 is 11.6 Å². The Balaban J connectivity index is 2.14. The molecule has 0 aliphatic heterocycles. The molecule has 0 aromatic heterocycles. The zero-order valence-corrected chi connectivity index (χ0v) is 17.6. The van der Waals surface area contributed by atoms with E-state index in [0.717, 1.165) is 37.1 Å². The Morgan fingerprint density at radius 3 is 1.25 bits per heavy atom. The lowest BCUT2D eigenvalue weighted by Gasteiger charge is -2.22. The average molecular weight is 383 g/mol. The van der Waals surface area contributed by atoms with Crippen LogP contribution in [0.15, 0.2) is 60.7 Å². The zero-order chi connectivity index (χ0) is 20.5. The smallest absolute Gasteiger partial charge is 0.171 e. The summed E-state index contributed by atoms with van der Waals surface area (Å²) in [5.41, 5.74) is 1.52. The van der Waals surface area contributed by atoms with Gasteiger partial charge in [-0.3, -0.25) is 9.59 Å². The largest absolute Gasteiger partial charge is 0.339 e. The molecule has 28 heavy (non-hydrogen) atoms. The second-order valence-corrected chi connectivity index (χ2v) is 8.25. The van der Waals surface area contributed by atoms with Crippen LogP contribution in [0.3, 0.4) is 0 Å². The Morgan fingerprint density at radius 2 is 0.964 bits per heavy atom. The molecule has 2 aromatic carbocycles. The van der Waals surface area contributed by atoms with Crippen LogP contribution in [0.25, 0.3) is 0 Å². The lowest BCUT2D eigenvalue weighted by molar-refractivity contribution is -0.861. The fraction of sp³-hybridized carbons (Fsp3) is 0.417. The van der Waals surface area contributed by atoms with Crippen LogP contribution in [-0.2, 0) is 0 Å². The van der Waals surface area contributed by atoms with Crippen LogP contribution in [-0.4, -0.2) is 52.8 Å². The van der Waals surface area contributed by atoms with E-state index in [0.29, 0.717) is 0 Å². The number of Topliss-reactive ketones (excluding diaryl/α,β-unsaturated/α-hetero) is 2. The third-order valence-electron chi connectivity index (χ3n) is 5.03. The van der Waals surface area contributed by atoms with Crippen LogP contribution >= 0.6 is 0 Å². The van der Waals surface area contributed by atoms with Crippen molar-refractivity contribution in [1.29, 1.82) is 0 Å². The van der Waals surface area contributed by atoms with Gasteiger partial charge in [-0.25, -0.2) is 0 Å². The van der Waals surface area contributed by atoms with Crippen molar-refractivity contribution in [3.63, 3.8) is 0 Å². The maximum Gasteiger partial charge on any atom is 0.171 e. The van der Waals surface area contributed by atoms with Crippen LogP contribution in [0, 0.1) is 11.8 Å². The summed E-state index contributed by atoms with van der Waals surface area (Å²) in [7, 11) is 8.29. The molecule has 150 valence electrons. The van der Waals surface area contributed by atoms with Crippen LogP contribution in [0.2, 0.25) is 0 Å². The van der Waals surface area contributed by atoms with E-state index in [1.54, 1.807) is 0 Å². The minimum atomic E-state index is -0.0735. The number of hydrogen-bond acceptors (Lipinski definition) is 2. The summed E-state index contributed by atoms with van der Waals surface area (Å²) in [6.07, 6.45) is 1.46. The van der Waals surface area contributed by atoms with Crippen LogP contribution in [0.4, 0.5) is 0 Å². The fourth-order valence-electron chi connectivity index (χ4n) is 3.72. The highest BCUT2D eigenvalue weighted by molar-refractivity contribution is 5.99. The molecule has 4 nitrogen and oxygen atoms in total. The third kappa shape index (κ3) is 6.70. The Hall–Kier alpha value is -2.30. The molecule has 0 spiro atoms. The molecule has 2 aromatic rings. The maximum absolute atomic E-state index is 13.1. The fourth-order valence-corrected chi connectivity index (χ4v) is 3.72. The van der Waals surface area contributed by atoms with Crippen molar-refractivity contribution in [2.45, 2.75) is 12.8 Å². The van der Waals surface area contributed by atoms with E-state index >= 15 is 0 Å². The average Bonchev–Trinajstić information content (AvgIpc) is 2.69. The second-order valence-electron chi connectivity index (χ2n) is 8.25. The van der Waals surface area contributed by atoms with Crippen LogP contribution < -0.4 is 9.80 Å². The van der Waals surface area contributed by atoms with Crippen molar-refractivity contribution < 1.29 is 19.4 Å². The molecule has 0 radical (unpaired) electrons.